The largest absolute Gasteiger partial charge is 0.497 e. The Balaban J connectivity index is 1.48. The number of hydrogen-bond donors (Lipinski definition) is 1. The maximum atomic E-state index is 13.7. The van der Waals surface area contributed by atoms with Crippen LogP contribution >= 0.6 is 0 Å². The standard InChI is InChI=1S/C22H25N5O3/c1-22-20-16(17-12-15(30-2)4-5-18(17)24-20)6-10-27(22)19(28)13-26(21(22)29)9-3-8-25-11-7-23-14-25/h4-5,7,11-12,14,24H,3,6,8-10,13H2,1-2H3. The molecule has 0 saturated carbocycles. The van der Waals surface area contributed by atoms with Crippen LogP contribution in [0.5, 0.6) is 5.75 Å². The maximum absolute atomic E-state index is 13.7. The molecule has 0 spiro atoms. The number of carbonyl (C=O) groups is 2. The Labute approximate surface area is 174 Å². The minimum atomic E-state index is -1.01. The molecule has 1 aromatic carbocycles. The van der Waals surface area contributed by atoms with Crippen molar-refractivity contribution in [2.24, 2.45) is 0 Å². The number of aromatic nitrogens is 3. The minimum Gasteiger partial charge on any atom is -0.497 e. The number of methoxy groups -OCH3 is 1. The number of benzene rings is 1. The number of nitrogens with one attached hydrogen (secondary N) is 1. The fourth-order valence-electron chi connectivity index (χ4n) is 4.88. The second kappa shape index (κ2) is 6.90. The first-order chi connectivity index (χ1) is 14.5. The van der Waals surface area contributed by atoms with Crippen molar-refractivity contribution in [3.05, 3.63) is 48.2 Å². The monoisotopic (exact) mass is 407 g/mol. The summed E-state index contributed by atoms with van der Waals surface area (Å²) in [5, 5.41) is 1.06. The minimum absolute atomic E-state index is 0.00150. The van der Waals surface area contributed by atoms with E-state index in [1.807, 2.05) is 35.9 Å². The summed E-state index contributed by atoms with van der Waals surface area (Å²) >= 11 is 0. The predicted molar refractivity (Wildman–Crippen MR) is 111 cm³/mol. The molecular weight excluding hydrogens is 382 g/mol. The first-order valence-electron chi connectivity index (χ1n) is 10.3. The number of fused-ring (bicyclic) bond motifs is 5. The lowest BCUT2D eigenvalue weighted by atomic mass is 9.83. The number of ether oxygens (including phenoxy) is 1. The molecule has 2 amide bonds. The quantitative estimate of drug-likeness (QED) is 0.700. The van der Waals surface area contributed by atoms with Gasteiger partial charge in [-0.15, -0.1) is 0 Å². The van der Waals surface area contributed by atoms with E-state index in [9.17, 15) is 9.59 Å². The van der Waals surface area contributed by atoms with Crippen LogP contribution in [-0.4, -0.2) is 62.9 Å². The van der Waals surface area contributed by atoms with E-state index in [0.717, 1.165) is 47.3 Å². The number of carbonyl (C=O) groups excluding carboxylic acids is 2. The average Bonchev–Trinajstić information content (AvgIpc) is 3.39. The third-order valence-electron chi connectivity index (χ3n) is 6.46. The van der Waals surface area contributed by atoms with Crippen molar-refractivity contribution >= 4 is 22.7 Å². The highest BCUT2D eigenvalue weighted by Gasteiger charge is 2.53. The molecule has 8 heteroatoms. The Hall–Kier alpha value is -3.29. The Kier molecular flexibility index (Phi) is 4.30. The van der Waals surface area contributed by atoms with Crippen molar-refractivity contribution in [2.45, 2.75) is 31.8 Å². The molecule has 1 N–H and O–H groups in total. The molecule has 0 radical (unpaired) electrons. The zero-order valence-corrected chi connectivity index (χ0v) is 17.2. The van der Waals surface area contributed by atoms with E-state index in [0.29, 0.717) is 13.1 Å². The molecule has 1 fully saturated rings. The highest BCUT2D eigenvalue weighted by Crippen LogP contribution is 2.42. The summed E-state index contributed by atoms with van der Waals surface area (Å²) in [6, 6.07) is 5.88. The predicted octanol–water partition coefficient (Wildman–Crippen LogP) is 1.91. The zero-order valence-electron chi connectivity index (χ0n) is 17.2. The fourth-order valence-corrected chi connectivity index (χ4v) is 4.88. The number of hydrogen-bond acceptors (Lipinski definition) is 4. The summed E-state index contributed by atoms with van der Waals surface area (Å²) in [5.41, 5.74) is 1.88. The Morgan fingerprint density at radius 1 is 1.27 bits per heavy atom. The van der Waals surface area contributed by atoms with Crippen LogP contribution in [0.4, 0.5) is 0 Å². The van der Waals surface area contributed by atoms with Gasteiger partial charge in [-0.3, -0.25) is 9.59 Å². The number of nitrogens with zero attached hydrogens (tertiary/aromatic N) is 4. The molecule has 1 saturated heterocycles. The molecule has 2 aromatic heterocycles. The molecule has 4 heterocycles. The van der Waals surface area contributed by atoms with E-state index >= 15 is 0 Å². The molecule has 2 aliphatic heterocycles. The summed E-state index contributed by atoms with van der Waals surface area (Å²) in [5.74, 6) is 0.762. The van der Waals surface area contributed by atoms with Gasteiger partial charge >= 0.3 is 0 Å². The van der Waals surface area contributed by atoms with Gasteiger partial charge < -0.3 is 24.1 Å². The third kappa shape index (κ3) is 2.70. The molecule has 30 heavy (non-hydrogen) atoms. The SMILES string of the molecule is COc1ccc2[nH]c3c(c2c1)CCN1C(=O)CN(CCCn2ccnc2)C(=O)C31C. The van der Waals surface area contributed by atoms with Crippen LogP contribution in [0.2, 0.25) is 0 Å². The topological polar surface area (TPSA) is 83.5 Å². The van der Waals surface area contributed by atoms with Gasteiger partial charge in [-0.25, -0.2) is 4.98 Å². The van der Waals surface area contributed by atoms with Crippen molar-refractivity contribution in [3.63, 3.8) is 0 Å². The van der Waals surface area contributed by atoms with Crippen molar-refractivity contribution in [1.82, 2.24) is 24.3 Å². The smallest absolute Gasteiger partial charge is 0.254 e. The number of rotatable bonds is 5. The second-order valence-corrected chi connectivity index (χ2v) is 8.14. The van der Waals surface area contributed by atoms with Crippen molar-refractivity contribution in [2.75, 3.05) is 26.7 Å². The number of amides is 2. The first kappa shape index (κ1) is 18.7. The van der Waals surface area contributed by atoms with Crippen LogP contribution < -0.4 is 4.74 Å². The molecule has 1 atom stereocenters. The lowest BCUT2D eigenvalue weighted by Gasteiger charge is -2.49. The van der Waals surface area contributed by atoms with Crippen LogP contribution in [0, 0.1) is 0 Å². The van der Waals surface area contributed by atoms with Gasteiger partial charge in [0.1, 0.15) is 5.75 Å². The molecule has 1 unspecified atom stereocenters. The van der Waals surface area contributed by atoms with Gasteiger partial charge in [0, 0.05) is 42.9 Å². The van der Waals surface area contributed by atoms with E-state index < -0.39 is 5.54 Å². The summed E-state index contributed by atoms with van der Waals surface area (Å²) in [6.45, 7) is 3.86. The number of aryl methyl sites for hydroxylation is 1. The van der Waals surface area contributed by atoms with E-state index in [2.05, 4.69) is 9.97 Å². The van der Waals surface area contributed by atoms with Crippen molar-refractivity contribution in [1.29, 1.82) is 0 Å². The van der Waals surface area contributed by atoms with Gasteiger partial charge in [-0.05, 0) is 43.5 Å². The highest BCUT2D eigenvalue weighted by molar-refractivity contribution is 6.00. The lowest BCUT2D eigenvalue weighted by molar-refractivity contribution is -0.166. The van der Waals surface area contributed by atoms with Crippen molar-refractivity contribution < 1.29 is 14.3 Å². The second-order valence-electron chi connectivity index (χ2n) is 8.14. The van der Waals surface area contributed by atoms with Crippen LogP contribution in [0.3, 0.4) is 0 Å². The van der Waals surface area contributed by atoms with E-state index in [1.165, 1.54) is 0 Å². The van der Waals surface area contributed by atoms with Crippen molar-refractivity contribution in [3.8, 4) is 5.75 Å². The Morgan fingerprint density at radius 2 is 2.13 bits per heavy atom. The number of imidazole rings is 1. The van der Waals surface area contributed by atoms with Gasteiger partial charge in [0.05, 0.1) is 25.7 Å². The summed E-state index contributed by atoms with van der Waals surface area (Å²) in [7, 11) is 1.65. The molecule has 156 valence electrons. The third-order valence-corrected chi connectivity index (χ3v) is 6.46. The number of piperazine rings is 1. The van der Waals surface area contributed by atoms with Gasteiger partial charge in [0.25, 0.3) is 5.91 Å². The maximum Gasteiger partial charge on any atom is 0.254 e. The van der Waals surface area contributed by atoms with E-state index in [-0.39, 0.29) is 18.4 Å². The van der Waals surface area contributed by atoms with Crippen LogP contribution in [0.15, 0.2) is 36.9 Å². The average molecular weight is 407 g/mol. The zero-order chi connectivity index (χ0) is 20.9. The fraction of sp³-hybridized carbons (Fsp3) is 0.409. The Bertz CT molecular complexity index is 1120. The molecule has 8 nitrogen and oxygen atoms in total. The molecular formula is C22H25N5O3. The van der Waals surface area contributed by atoms with Crippen LogP contribution in [-0.2, 0) is 28.1 Å². The van der Waals surface area contributed by atoms with Crippen LogP contribution in [0.1, 0.15) is 24.6 Å². The van der Waals surface area contributed by atoms with Gasteiger partial charge in [0.2, 0.25) is 5.91 Å². The van der Waals surface area contributed by atoms with E-state index in [4.69, 9.17) is 4.74 Å². The first-order valence-corrected chi connectivity index (χ1v) is 10.3. The van der Waals surface area contributed by atoms with Gasteiger partial charge in [-0.2, -0.15) is 0 Å². The molecule has 2 aliphatic rings. The Morgan fingerprint density at radius 3 is 2.90 bits per heavy atom. The molecule has 0 aliphatic carbocycles. The molecule has 0 bridgehead atoms. The van der Waals surface area contributed by atoms with Crippen LogP contribution in [0.25, 0.3) is 10.9 Å². The lowest BCUT2D eigenvalue weighted by Crippen LogP contribution is -2.67. The summed E-state index contributed by atoms with van der Waals surface area (Å²) in [4.78, 5) is 37.6. The number of H-pyrrole nitrogens is 1. The highest BCUT2D eigenvalue weighted by atomic mass is 16.5. The number of aromatic amines is 1. The van der Waals surface area contributed by atoms with Gasteiger partial charge in [-0.1, -0.05) is 0 Å². The molecule has 3 aromatic rings. The van der Waals surface area contributed by atoms with Gasteiger partial charge in [0.15, 0.2) is 5.54 Å². The van der Waals surface area contributed by atoms with E-state index in [1.54, 1.807) is 29.4 Å². The summed E-state index contributed by atoms with van der Waals surface area (Å²) in [6.07, 6.45) is 6.89. The summed E-state index contributed by atoms with van der Waals surface area (Å²) < 4.78 is 7.36. The molecule has 5 rings (SSSR count). The normalized spacial score (nSPS) is 21.1.